The smallest absolute Gasteiger partial charge is 0.0989 e. The highest BCUT2D eigenvalue weighted by molar-refractivity contribution is 4.93. The Morgan fingerprint density at radius 1 is 1.55 bits per heavy atom. The minimum Gasteiger partial charge on any atom is -0.391 e. The van der Waals surface area contributed by atoms with E-state index in [1.807, 2.05) is 6.92 Å². The molecule has 1 fully saturated rings. The van der Waals surface area contributed by atoms with Crippen LogP contribution in [0.5, 0.6) is 0 Å². The summed E-state index contributed by atoms with van der Waals surface area (Å²) in [5.74, 6) is 0. The topological polar surface area (TPSA) is 72.7 Å². The summed E-state index contributed by atoms with van der Waals surface area (Å²) in [6.45, 7) is 2.20. The van der Waals surface area contributed by atoms with E-state index in [2.05, 4.69) is 5.32 Å². The zero-order valence-corrected chi connectivity index (χ0v) is 6.57. The molecule has 0 spiro atoms. The molecule has 1 aliphatic heterocycles. The minimum absolute atomic E-state index is 0.364. The van der Waals surface area contributed by atoms with Crippen LogP contribution in [0.25, 0.3) is 0 Å². The lowest BCUT2D eigenvalue weighted by Gasteiger charge is -2.20. The molecule has 4 atom stereocenters. The molecule has 11 heavy (non-hydrogen) atoms. The van der Waals surface area contributed by atoms with Crippen molar-refractivity contribution >= 4 is 0 Å². The maximum Gasteiger partial charge on any atom is 0.0989 e. The SMILES string of the molecule is CC[C@@H](O)[C@H]1NC[C@@H](O)[C@@H]1O. The van der Waals surface area contributed by atoms with Crippen LogP contribution in [-0.4, -0.2) is 46.2 Å². The van der Waals surface area contributed by atoms with Crippen molar-refractivity contribution in [2.24, 2.45) is 0 Å². The lowest BCUT2D eigenvalue weighted by molar-refractivity contribution is 0.00598. The van der Waals surface area contributed by atoms with Crippen LogP contribution in [0, 0.1) is 0 Å². The third-order valence-electron chi connectivity index (χ3n) is 2.16. The van der Waals surface area contributed by atoms with Crippen LogP contribution in [0.4, 0.5) is 0 Å². The summed E-state index contributed by atoms with van der Waals surface area (Å²) in [5, 5.41) is 30.5. The zero-order valence-electron chi connectivity index (χ0n) is 6.57. The number of nitrogens with one attached hydrogen (secondary N) is 1. The highest BCUT2D eigenvalue weighted by atomic mass is 16.3. The third-order valence-corrected chi connectivity index (χ3v) is 2.16. The van der Waals surface area contributed by atoms with Crippen molar-refractivity contribution in [1.29, 1.82) is 0 Å². The van der Waals surface area contributed by atoms with Crippen molar-refractivity contribution < 1.29 is 15.3 Å². The quantitative estimate of drug-likeness (QED) is 0.396. The highest BCUT2D eigenvalue weighted by Gasteiger charge is 2.36. The number of hydrogen-bond acceptors (Lipinski definition) is 4. The summed E-state index contributed by atoms with van der Waals surface area (Å²) in [4.78, 5) is 0. The molecular formula is C7H15NO3. The normalized spacial score (nSPS) is 40.9. The van der Waals surface area contributed by atoms with Gasteiger partial charge in [-0.3, -0.25) is 0 Å². The van der Waals surface area contributed by atoms with Crippen molar-refractivity contribution in [3.05, 3.63) is 0 Å². The Bertz CT molecular complexity index is 131. The number of aliphatic hydroxyl groups excluding tert-OH is 3. The van der Waals surface area contributed by atoms with Gasteiger partial charge in [0.05, 0.1) is 24.4 Å². The summed E-state index contributed by atoms with van der Waals surface area (Å²) in [6.07, 6.45) is -1.55. The van der Waals surface area contributed by atoms with Crippen LogP contribution in [0.1, 0.15) is 13.3 Å². The van der Waals surface area contributed by atoms with Crippen LogP contribution in [0.15, 0.2) is 0 Å². The van der Waals surface area contributed by atoms with Crippen molar-refractivity contribution in [2.75, 3.05) is 6.54 Å². The predicted octanol–water partition coefficient (Wildman–Crippen LogP) is -1.55. The second kappa shape index (κ2) is 3.49. The Morgan fingerprint density at radius 3 is 2.55 bits per heavy atom. The monoisotopic (exact) mass is 161 g/mol. The van der Waals surface area contributed by atoms with Gasteiger partial charge in [0.1, 0.15) is 0 Å². The number of rotatable bonds is 2. The minimum atomic E-state index is -0.829. The van der Waals surface area contributed by atoms with Crippen LogP contribution in [0.2, 0.25) is 0 Å². The van der Waals surface area contributed by atoms with E-state index >= 15 is 0 Å². The van der Waals surface area contributed by atoms with E-state index in [0.717, 1.165) is 0 Å². The first-order valence-electron chi connectivity index (χ1n) is 3.94. The molecule has 4 heteroatoms. The van der Waals surface area contributed by atoms with Crippen LogP contribution >= 0.6 is 0 Å². The Balaban J connectivity index is 2.47. The van der Waals surface area contributed by atoms with Gasteiger partial charge >= 0.3 is 0 Å². The molecule has 1 aliphatic rings. The molecule has 0 aromatic rings. The lowest BCUT2D eigenvalue weighted by Crippen LogP contribution is -2.42. The average Bonchev–Trinajstić information content (AvgIpc) is 2.32. The van der Waals surface area contributed by atoms with Gasteiger partial charge in [0.2, 0.25) is 0 Å². The fourth-order valence-electron chi connectivity index (χ4n) is 1.36. The highest BCUT2D eigenvalue weighted by Crippen LogP contribution is 2.12. The van der Waals surface area contributed by atoms with E-state index < -0.39 is 18.3 Å². The standard InChI is InChI=1S/C7H15NO3/c1-2-4(9)6-7(11)5(10)3-8-6/h4-11H,2-3H2,1H3/t4-,5-,6-,7+/m1/s1. The Kier molecular flexibility index (Phi) is 2.84. The summed E-state index contributed by atoms with van der Waals surface area (Å²) >= 11 is 0. The van der Waals surface area contributed by atoms with Gasteiger partial charge < -0.3 is 20.6 Å². The summed E-state index contributed by atoms with van der Waals surface area (Å²) < 4.78 is 0. The largest absolute Gasteiger partial charge is 0.391 e. The molecule has 0 bridgehead atoms. The van der Waals surface area contributed by atoms with Gasteiger partial charge in [-0.15, -0.1) is 0 Å². The van der Waals surface area contributed by atoms with Gasteiger partial charge in [0.25, 0.3) is 0 Å². The average molecular weight is 161 g/mol. The second-order valence-electron chi connectivity index (χ2n) is 2.97. The van der Waals surface area contributed by atoms with Crippen LogP contribution in [0.3, 0.4) is 0 Å². The number of hydrogen-bond donors (Lipinski definition) is 4. The van der Waals surface area contributed by atoms with E-state index in [4.69, 9.17) is 5.11 Å². The van der Waals surface area contributed by atoms with E-state index in [0.29, 0.717) is 13.0 Å². The fourth-order valence-corrected chi connectivity index (χ4v) is 1.36. The Hall–Kier alpha value is -0.160. The van der Waals surface area contributed by atoms with Gasteiger partial charge in [-0.2, -0.15) is 0 Å². The van der Waals surface area contributed by atoms with Gasteiger partial charge in [-0.05, 0) is 6.42 Å². The Labute approximate surface area is 65.9 Å². The zero-order chi connectivity index (χ0) is 8.43. The third kappa shape index (κ3) is 1.70. The predicted molar refractivity (Wildman–Crippen MR) is 40.1 cm³/mol. The fraction of sp³-hybridized carbons (Fsp3) is 1.00. The van der Waals surface area contributed by atoms with Crippen molar-refractivity contribution in [3.63, 3.8) is 0 Å². The Morgan fingerprint density at radius 2 is 2.18 bits per heavy atom. The summed E-state index contributed by atoms with van der Waals surface area (Å²) in [5.41, 5.74) is 0. The molecule has 0 aromatic heterocycles. The molecule has 4 N–H and O–H groups in total. The molecule has 0 aliphatic carbocycles. The molecule has 4 nitrogen and oxygen atoms in total. The van der Waals surface area contributed by atoms with Crippen molar-refractivity contribution in [2.45, 2.75) is 37.7 Å². The van der Waals surface area contributed by atoms with Crippen LogP contribution in [-0.2, 0) is 0 Å². The van der Waals surface area contributed by atoms with E-state index in [-0.39, 0.29) is 6.04 Å². The van der Waals surface area contributed by atoms with Gasteiger partial charge in [-0.25, -0.2) is 0 Å². The van der Waals surface area contributed by atoms with E-state index in [1.165, 1.54) is 0 Å². The lowest BCUT2D eigenvalue weighted by atomic mass is 10.0. The molecule has 1 heterocycles. The maximum absolute atomic E-state index is 9.31. The first-order valence-corrected chi connectivity index (χ1v) is 3.94. The summed E-state index contributed by atoms with van der Waals surface area (Å²) in [6, 6.07) is -0.366. The molecule has 0 saturated carbocycles. The molecule has 0 aromatic carbocycles. The first-order chi connectivity index (χ1) is 5.16. The maximum atomic E-state index is 9.31. The first kappa shape index (κ1) is 8.93. The molecule has 0 radical (unpaired) electrons. The number of aliphatic hydroxyl groups is 3. The molecule has 1 saturated heterocycles. The van der Waals surface area contributed by atoms with Crippen molar-refractivity contribution in [3.8, 4) is 0 Å². The van der Waals surface area contributed by atoms with Gasteiger partial charge in [-0.1, -0.05) is 6.92 Å². The molecule has 66 valence electrons. The molecule has 0 amide bonds. The summed E-state index contributed by atoms with van der Waals surface area (Å²) in [7, 11) is 0. The number of β-amino-alcohol motifs (C(OH)–C–C–N with tert-alkyl or cyclic N) is 1. The van der Waals surface area contributed by atoms with Crippen molar-refractivity contribution in [1.82, 2.24) is 5.32 Å². The molecule has 0 unspecified atom stereocenters. The van der Waals surface area contributed by atoms with Gasteiger partial charge in [0.15, 0.2) is 0 Å². The van der Waals surface area contributed by atoms with Gasteiger partial charge in [0, 0.05) is 6.54 Å². The van der Waals surface area contributed by atoms with E-state index in [9.17, 15) is 10.2 Å². The van der Waals surface area contributed by atoms with E-state index in [1.54, 1.807) is 0 Å². The second-order valence-corrected chi connectivity index (χ2v) is 2.97. The molecule has 1 rings (SSSR count). The molecular weight excluding hydrogens is 146 g/mol. The van der Waals surface area contributed by atoms with Crippen LogP contribution < -0.4 is 5.32 Å².